The maximum atomic E-state index is 13.8. The van der Waals surface area contributed by atoms with Gasteiger partial charge in [0, 0.05) is 19.7 Å². The lowest BCUT2D eigenvalue weighted by Gasteiger charge is -2.11. The van der Waals surface area contributed by atoms with Crippen LogP contribution in [0.2, 0.25) is 0 Å². The Morgan fingerprint density at radius 3 is 2.58 bits per heavy atom. The molecule has 0 aliphatic heterocycles. The summed E-state index contributed by atoms with van der Waals surface area (Å²) in [5.41, 5.74) is -0.335. The molecule has 0 saturated carbocycles. The van der Waals surface area contributed by atoms with Crippen LogP contribution in [0, 0.1) is 5.82 Å². The number of amides is 1. The largest absolute Gasteiger partial charge is 0.382 e. The predicted octanol–water partition coefficient (Wildman–Crippen LogP) is 0.905. The van der Waals surface area contributed by atoms with Gasteiger partial charge in [0.2, 0.25) is 10.0 Å². The summed E-state index contributed by atoms with van der Waals surface area (Å²) in [5, 5.41) is 2.48. The number of sulfonamides is 1. The molecule has 1 aromatic carbocycles. The fraction of sp³-hybridized carbons (Fsp3) is 0.533. The van der Waals surface area contributed by atoms with E-state index in [0.29, 0.717) is 13.2 Å². The van der Waals surface area contributed by atoms with Crippen LogP contribution in [0.5, 0.6) is 0 Å². The van der Waals surface area contributed by atoms with Crippen molar-refractivity contribution >= 4 is 15.9 Å². The van der Waals surface area contributed by atoms with Gasteiger partial charge < -0.3 is 14.8 Å². The molecule has 0 aliphatic carbocycles. The van der Waals surface area contributed by atoms with Crippen LogP contribution in [0.1, 0.15) is 24.2 Å². The highest BCUT2D eigenvalue weighted by molar-refractivity contribution is 7.89. The Hall–Kier alpha value is -1.55. The summed E-state index contributed by atoms with van der Waals surface area (Å²) in [6.45, 7) is 4.56. The second-order valence-corrected chi connectivity index (χ2v) is 6.99. The third-order valence-electron chi connectivity index (χ3n) is 2.85. The fourth-order valence-electron chi connectivity index (χ4n) is 1.80. The molecule has 0 unspecified atom stereocenters. The van der Waals surface area contributed by atoms with Gasteiger partial charge in [-0.3, -0.25) is 4.79 Å². The summed E-state index contributed by atoms with van der Waals surface area (Å²) in [5.74, 6) is -1.50. The third kappa shape index (κ3) is 6.52. The molecule has 0 atom stereocenters. The molecule has 9 heteroatoms. The highest BCUT2D eigenvalue weighted by atomic mass is 32.2. The number of ether oxygens (including phenoxy) is 2. The predicted molar refractivity (Wildman–Crippen MR) is 86.9 cm³/mol. The van der Waals surface area contributed by atoms with Gasteiger partial charge in [0.25, 0.3) is 5.91 Å². The minimum Gasteiger partial charge on any atom is -0.382 e. The Bertz CT molecular complexity index is 649. The zero-order valence-corrected chi connectivity index (χ0v) is 14.8. The number of hydrogen-bond acceptors (Lipinski definition) is 5. The van der Waals surface area contributed by atoms with E-state index in [1.54, 1.807) is 21.0 Å². The van der Waals surface area contributed by atoms with Crippen LogP contribution in [0.3, 0.4) is 0 Å². The molecule has 0 fully saturated rings. The summed E-state index contributed by atoms with van der Waals surface area (Å²) in [7, 11) is -2.26. The third-order valence-corrected chi connectivity index (χ3v) is 4.50. The molecule has 0 aliphatic rings. The van der Waals surface area contributed by atoms with Crippen LogP contribution in [0.4, 0.5) is 4.39 Å². The van der Waals surface area contributed by atoms with E-state index >= 15 is 0 Å². The molecule has 2 N–H and O–H groups in total. The molecule has 0 spiro atoms. The van der Waals surface area contributed by atoms with Crippen LogP contribution < -0.4 is 10.0 Å². The molecule has 136 valence electrons. The van der Waals surface area contributed by atoms with Gasteiger partial charge in [-0.25, -0.2) is 17.5 Å². The summed E-state index contributed by atoms with van der Waals surface area (Å²) in [6.07, 6.45) is 0. The van der Waals surface area contributed by atoms with E-state index in [0.717, 1.165) is 18.2 Å². The van der Waals surface area contributed by atoms with Crippen molar-refractivity contribution in [1.82, 2.24) is 10.0 Å². The van der Waals surface area contributed by atoms with E-state index in [4.69, 9.17) is 9.47 Å². The molecule has 24 heavy (non-hydrogen) atoms. The van der Waals surface area contributed by atoms with Crippen LogP contribution >= 0.6 is 0 Å². The number of rotatable bonds is 10. The van der Waals surface area contributed by atoms with Crippen molar-refractivity contribution in [2.45, 2.75) is 24.8 Å². The van der Waals surface area contributed by atoms with E-state index in [1.807, 2.05) is 0 Å². The van der Waals surface area contributed by atoms with Crippen molar-refractivity contribution in [3.63, 3.8) is 0 Å². The van der Waals surface area contributed by atoms with Gasteiger partial charge in [-0.15, -0.1) is 0 Å². The highest BCUT2D eigenvalue weighted by Crippen LogP contribution is 2.15. The summed E-state index contributed by atoms with van der Waals surface area (Å²) >= 11 is 0. The number of hydrogen-bond donors (Lipinski definition) is 2. The monoisotopic (exact) mass is 362 g/mol. The Kier molecular flexibility index (Phi) is 8.26. The molecular weight excluding hydrogens is 339 g/mol. The van der Waals surface area contributed by atoms with Crippen LogP contribution in [0.25, 0.3) is 0 Å². The second-order valence-electron chi connectivity index (χ2n) is 5.28. The van der Waals surface area contributed by atoms with Crippen molar-refractivity contribution < 1.29 is 27.1 Å². The molecule has 1 aromatic rings. The molecule has 0 saturated heterocycles. The Morgan fingerprint density at radius 2 is 1.96 bits per heavy atom. The molecule has 7 nitrogen and oxygen atoms in total. The first kappa shape index (κ1) is 20.5. The Labute approximate surface area is 141 Å². The van der Waals surface area contributed by atoms with Gasteiger partial charge in [-0.1, -0.05) is 0 Å². The summed E-state index contributed by atoms with van der Waals surface area (Å²) < 4.78 is 50.4. The average Bonchev–Trinajstić information content (AvgIpc) is 2.49. The maximum Gasteiger partial charge on any atom is 0.254 e. The van der Waals surface area contributed by atoms with Crippen LogP contribution in [-0.2, 0) is 19.5 Å². The van der Waals surface area contributed by atoms with Crippen LogP contribution in [0.15, 0.2) is 23.1 Å². The molecule has 0 bridgehead atoms. The summed E-state index contributed by atoms with van der Waals surface area (Å²) in [6, 6.07) is 2.77. The first-order valence-electron chi connectivity index (χ1n) is 7.44. The van der Waals surface area contributed by atoms with Crippen molar-refractivity contribution in [2.24, 2.45) is 0 Å². The normalized spacial score (nSPS) is 11.7. The van der Waals surface area contributed by atoms with Crippen molar-refractivity contribution in [2.75, 3.05) is 33.5 Å². The molecule has 0 radical (unpaired) electrons. The van der Waals surface area contributed by atoms with Gasteiger partial charge in [0.1, 0.15) is 5.82 Å². The lowest BCUT2D eigenvalue weighted by Crippen LogP contribution is -2.31. The van der Waals surface area contributed by atoms with E-state index < -0.39 is 21.7 Å². The zero-order valence-electron chi connectivity index (χ0n) is 14.0. The SMILES string of the molecule is COCCOCCNC(=O)c1cc(S(=O)(=O)NC(C)C)ccc1F. The van der Waals surface area contributed by atoms with Crippen molar-refractivity contribution in [3.8, 4) is 0 Å². The topological polar surface area (TPSA) is 93.7 Å². The average molecular weight is 362 g/mol. The summed E-state index contributed by atoms with van der Waals surface area (Å²) in [4.78, 5) is 11.8. The first-order valence-corrected chi connectivity index (χ1v) is 8.93. The van der Waals surface area contributed by atoms with Gasteiger partial charge in [-0.05, 0) is 32.0 Å². The quantitative estimate of drug-likeness (QED) is 0.603. The molecule has 1 amide bonds. The second kappa shape index (κ2) is 9.67. The number of nitrogens with one attached hydrogen (secondary N) is 2. The number of halogens is 1. The Balaban J connectivity index is 2.74. The minimum absolute atomic E-state index is 0.168. The first-order chi connectivity index (χ1) is 11.3. The lowest BCUT2D eigenvalue weighted by molar-refractivity contribution is 0.0692. The molecule has 0 heterocycles. The number of carbonyl (C=O) groups excluding carboxylic acids is 1. The van der Waals surface area contributed by atoms with Crippen LogP contribution in [-0.4, -0.2) is 53.8 Å². The number of carbonyl (C=O) groups is 1. The van der Waals surface area contributed by atoms with Crippen molar-refractivity contribution in [1.29, 1.82) is 0 Å². The van der Waals surface area contributed by atoms with Gasteiger partial charge in [0.05, 0.1) is 30.3 Å². The van der Waals surface area contributed by atoms with Gasteiger partial charge in [-0.2, -0.15) is 0 Å². The maximum absolute atomic E-state index is 13.8. The fourth-order valence-corrected chi connectivity index (χ4v) is 3.08. The standard InChI is InChI=1S/C15H23FN2O5S/c1-11(2)18-24(20,21)12-4-5-14(16)13(10-12)15(19)17-6-7-23-9-8-22-3/h4-5,10-11,18H,6-9H2,1-3H3,(H,17,19). The number of benzene rings is 1. The lowest BCUT2D eigenvalue weighted by atomic mass is 10.2. The highest BCUT2D eigenvalue weighted by Gasteiger charge is 2.20. The van der Waals surface area contributed by atoms with E-state index in [2.05, 4.69) is 10.0 Å². The van der Waals surface area contributed by atoms with E-state index in [9.17, 15) is 17.6 Å². The molecule has 1 rings (SSSR count). The zero-order chi connectivity index (χ0) is 18.2. The van der Waals surface area contributed by atoms with Crippen molar-refractivity contribution in [3.05, 3.63) is 29.6 Å². The smallest absolute Gasteiger partial charge is 0.254 e. The minimum atomic E-state index is -3.80. The van der Waals surface area contributed by atoms with E-state index in [-0.39, 0.29) is 29.7 Å². The van der Waals surface area contributed by atoms with E-state index in [1.165, 1.54) is 0 Å². The molecule has 0 aromatic heterocycles. The molecular formula is C15H23FN2O5S. The number of methoxy groups -OCH3 is 1. The van der Waals surface area contributed by atoms with Gasteiger partial charge >= 0.3 is 0 Å². The van der Waals surface area contributed by atoms with Gasteiger partial charge in [0.15, 0.2) is 0 Å². The Morgan fingerprint density at radius 1 is 1.25 bits per heavy atom.